The quantitative estimate of drug-likeness (QED) is 0.461. The average molecular weight is 296 g/mol. The van der Waals surface area contributed by atoms with Crippen LogP contribution in [-0.4, -0.2) is 9.60 Å². The van der Waals surface area contributed by atoms with Crippen LogP contribution >= 0.6 is 0 Å². The molecule has 108 valence electrons. The van der Waals surface area contributed by atoms with Crippen LogP contribution in [0.15, 0.2) is 29.1 Å². The zero-order valence-electron chi connectivity index (χ0n) is 11.0. The Morgan fingerprint density at radius 3 is 2.14 bits per heavy atom. The molecule has 0 aliphatic carbocycles. The number of nitrogens with zero attached hydrogens (tertiary/aromatic N) is 4. The fourth-order valence-electron chi connectivity index (χ4n) is 1.97. The lowest BCUT2D eigenvalue weighted by Gasteiger charge is -2.12. The molecule has 0 saturated carbocycles. The minimum Gasteiger partial charge on any atom is -0.382 e. The van der Waals surface area contributed by atoms with Crippen molar-refractivity contribution in [1.82, 2.24) is 4.68 Å². The molecule has 2 aromatic rings. The van der Waals surface area contributed by atoms with Gasteiger partial charge in [-0.15, -0.1) is 0 Å². The maximum Gasteiger partial charge on any atom is 0.289 e. The molecule has 0 bridgehead atoms. The summed E-state index contributed by atoms with van der Waals surface area (Å²) in [5.41, 5.74) is 4.39. The molecule has 0 saturated heterocycles. The maximum absolute atomic E-state index is 12.0. The number of hydrogen-bond acceptors (Lipinski definition) is 7. The molecule has 0 aliphatic heterocycles. The topological polar surface area (TPSA) is 165 Å². The van der Waals surface area contributed by atoms with Crippen molar-refractivity contribution in [3.05, 3.63) is 55.9 Å². The Labute approximate surface area is 123 Å². The summed E-state index contributed by atoms with van der Waals surface area (Å²) in [5, 5.41) is 29.0. The molecule has 1 heterocycles. The van der Waals surface area contributed by atoms with E-state index in [9.17, 15) is 20.2 Å². The first-order valence-electron chi connectivity index (χ1n) is 5.81. The molecule has 4 N–H and O–H groups in total. The Balaban J connectivity index is 2.86. The molecule has 22 heavy (non-hydrogen) atoms. The molecule has 9 heteroatoms. The van der Waals surface area contributed by atoms with Crippen molar-refractivity contribution >= 4 is 11.5 Å². The third-order valence-electron chi connectivity index (χ3n) is 3.04. The van der Waals surface area contributed by atoms with Crippen LogP contribution in [0, 0.1) is 32.8 Å². The molecule has 0 amide bonds. The van der Waals surface area contributed by atoms with Crippen LogP contribution in [0.3, 0.4) is 0 Å². The van der Waals surface area contributed by atoms with Gasteiger partial charge in [0.1, 0.15) is 29.1 Å². The minimum absolute atomic E-state index is 0.00379. The van der Waals surface area contributed by atoms with E-state index >= 15 is 0 Å². The van der Waals surface area contributed by atoms with Crippen molar-refractivity contribution in [1.29, 1.82) is 10.5 Å². The summed E-state index contributed by atoms with van der Waals surface area (Å²) in [6.45, 7) is 0. The zero-order chi connectivity index (χ0) is 16.4. The molecule has 2 rings (SSSR count). The van der Waals surface area contributed by atoms with E-state index < -0.39 is 10.5 Å². The number of benzene rings is 1. The molecular formula is C13H8N6O3. The number of nitriles is 2. The van der Waals surface area contributed by atoms with E-state index in [0.29, 0.717) is 4.68 Å². The Morgan fingerprint density at radius 1 is 1.14 bits per heavy atom. The van der Waals surface area contributed by atoms with Crippen LogP contribution in [-0.2, 0) is 0 Å². The van der Waals surface area contributed by atoms with Crippen LogP contribution in [0.5, 0.6) is 0 Å². The molecule has 1 aromatic heterocycles. The molecule has 0 unspecified atom stereocenters. The van der Waals surface area contributed by atoms with Crippen molar-refractivity contribution in [2.75, 3.05) is 11.6 Å². The van der Waals surface area contributed by atoms with Crippen molar-refractivity contribution in [3.63, 3.8) is 0 Å². The van der Waals surface area contributed by atoms with Crippen LogP contribution in [0.1, 0.15) is 11.1 Å². The van der Waals surface area contributed by atoms with E-state index in [1.807, 2.05) is 0 Å². The maximum atomic E-state index is 12.0. The number of rotatable bonds is 2. The van der Waals surface area contributed by atoms with Gasteiger partial charge in [-0.2, -0.15) is 10.5 Å². The van der Waals surface area contributed by atoms with E-state index in [2.05, 4.69) is 0 Å². The third-order valence-corrected chi connectivity index (χ3v) is 3.04. The average Bonchev–Trinajstić information content (AvgIpc) is 2.52. The van der Waals surface area contributed by atoms with Crippen molar-refractivity contribution in [2.45, 2.75) is 0 Å². The van der Waals surface area contributed by atoms with E-state index in [-0.39, 0.29) is 33.8 Å². The summed E-state index contributed by atoms with van der Waals surface area (Å²) < 4.78 is 0.520. The highest BCUT2D eigenvalue weighted by molar-refractivity contribution is 5.80. The fraction of sp³-hybridized carbons (Fsp3) is 0. The van der Waals surface area contributed by atoms with Gasteiger partial charge in [0.25, 0.3) is 11.2 Å². The Hall–Kier alpha value is -3.85. The summed E-state index contributed by atoms with van der Waals surface area (Å²) in [5.74, 6) is 5.14. The standard InChI is InChI=1S/C13H8N6O3/c14-5-9-11(7-1-3-8(4-2-7)19(21)22)10(6-15)13(20)18(17)12(9)16/h1-4H,16-17H2. The normalized spacial score (nSPS) is 9.73. The molecule has 0 fully saturated rings. The van der Waals surface area contributed by atoms with E-state index in [4.69, 9.17) is 16.8 Å². The first-order chi connectivity index (χ1) is 10.4. The smallest absolute Gasteiger partial charge is 0.289 e. The second-order valence-corrected chi connectivity index (χ2v) is 4.21. The van der Waals surface area contributed by atoms with Gasteiger partial charge in [-0.25, -0.2) is 4.68 Å². The SMILES string of the molecule is N#Cc1c(-c2ccc([N+](=O)[O-])cc2)c(C#N)c(=O)n(N)c1N. The van der Waals surface area contributed by atoms with E-state index in [1.54, 1.807) is 12.1 Å². The van der Waals surface area contributed by atoms with Crippen LogP contribution < -0.4 is 17.1 Å². The van der Waals surface area contributed by atoms with Crippen LogP contribution in [0.4, 0.5) is 11.5 Å². The van der Waals surface area contributed by atoms with Gasteiger partial charge in [0.05, 0.1) is 4.92 Å². The van der Waals surface area contributed by atoms with Gasteiger partial charge in [-0.3, -0.25) is 14.9 Å². The largest absolute Gasteiger partial charge is 0.382 e. The van der Waals surface area contributed by atoms with E-state index in [1.165, 1.54) is 24.3 Å². The van der Waals surface area contributed by atoms with Crippen LogP contribution in [0.2, 0.25) is 0 Å². The fourth-order valence-corrected chi connectivity index (χ4v) is 1.97. The molecule has 0 atom stereocenters. The summed E-state index contributed by atoms with van der Waals surface area (Å²) in [4.78, 5) is 22.0. The van der Waals surface area contributed by atoms with Crippen molar-refractivity contribution in [2.24, 2.45) is 0 Å². The minimum atomic E-state index is -0.854. The molecule has 0 aliphatic rings. The molecular weight excluding hydrogens is 288 g/mol. The highest BCUT2D eigenvalue weighted by Gasteiger charge is 2.21. The third kappa shape index (κ3) is 2.09. The van der Waals surface area contributed by atoms with Gasteiger partial charge in [-0.05, 0) is 17.7 Å². The lowest BCUT2D eigenvalue weighted by molar-refractivity contribution is -0.384. The van der Waals surface area contributed by atoms with E-state index in [0.717, 1.165) is 0 Å². The van der Waals surface area contributed by atoms with Gasteiger partial charge >= 0.3 is 0 Å². The van der Waals surface area contributed by atoms with Gasteiger partial charge in [0, 0.05) is 17.7 Å². The van der Waals surface area contributed by atoms with Crippen LogP contribution in [0.25, 0.3) is 11.1 Å². The Morgan fingerprint density at radius 2 is 1.68 bits per heavy atom. The summed E-state index contributed by atoms with van der Waals surface area (Å²) in [7, 11) is 0. The highest BCUT2D eigenvalue weighted by atomic mass is 16.6. The number of hydrogen-bond donors (Lipinski definition) is 2. The second-order valence-electron chi connectivity index (χ2n) is 4.21. The monoisotopic (exact) mass is 296 g/mol. The molecule has 0 spiro atoms. The van der Waals surface area contributed by atoms with Gasteiger partial charge in [0.15, 0.2) is 0 Å². The molecule has 1 aromatic carbocycles. The predicted octanol–water partition coefficient (Wildman–Crippen LogP) is 0.463. The number of anilines is 1. The summed E-state index contributed by atoms with van der Waals surface area (Å²) >= 11 is 0. The zero-order valence-corrected chi connectivity index (χ0v) is 11.0. The van der Waals surface area contributed by atoms with Crippen molar-refractivity contribution < 1.29 is 4.92 Å². The van der Waals surface area contributed by atoms with Crippen molar-refractivity contribution in [3.8, 4) is 23.3 Å². The number of nitrogens with two attached hydrogens (primary N) is 2. The predicted molar refractivity (Wildman–Crippen MR) is 76.8 cm³/mol. The lowest BCUT2D eigenvalue weighted by Crippen LogP contribution is -2.33. The number of pyridine rings is 1. The van der Waals surface area contributed by atoms with Gasteiger partial charge in [-0.1, -0.05) is 0 Å². The lowest BCUT2D eigenvalue weighted by atomic mass is 9.96. The number of nitro groups is 1. The summed E-state index contributed by atoms with van der Waals surface area (Å²) in [6.07, 6.45) is 0. The Kier molecular flexibility index (Phi) is 3.48. The molecule has 9 nitrogen and oxygen atoms in total. The van der Waals surface area contributed by atoms with Gasteiger partial charge < -0.3 is 11.6 Å². The number of nitrogen functional groups attached to an aromatic ring is 2. The molecule has 0 radical (unpaired) electrons. The first kappa shape index (κ1) is 14.6. The number of nitro benzene ring substituents is 1. The van der Waals surface area contributed by atoms with Gasteiger partial charge in [0.2, 0.25) is 0 Å². The number of aromatic nitrogens is 1. The summed E-state index contributed by atoms with van der Waals surface area (Å²) in [6, 6.07) is 8.53. The Bertz CT molecular complexity index is 915. The highest BCUT2D eigenvalue weighted by Crippen LogP contribution is 2.29. The second kappa shape index (κ2) is 5.26. The first-order valence-corrected chi connectivity index (χ1v) is 5.81. The number of non-ortho nitro benzene ring substituents is 1.